The van der Waals surface area contributed by atoms with Gasteiger partial charge in [-0.1, -0.05) is 12.1 Å². The second kappa shape index (κ2) is 2.81. The Kier molecular flexibility index (Phi) is 1.82. The van der Waals surface area contributed by atoms with E-state index in [9.17, 15) is 0 Å². The summed E-state index contributed by atoms with van der Waals surface area (Å²) in [5, 5.41) is 2.13. The van der Waals surface area contributed by atoms with Gasteiger partial charge in [0, 0.05) is 15.5 Å². The molecular weight excluding hydrogens is 160 g/mol. The molecule has 2 rings (SSSR count). The first-order valence-electron chi connectivity index (χ1n) is 3.33. The molecule has 0 aromatic carbocycles. The molecule has 0 fully saturated rings. The molecule has 0 saturated carbocycles. The maximum atomic E-state index is 2.33. The highest BCUT2D eigenvalue weighted by Gasteiger charge is 2.07. The van der Waals surface area contributed by atoms with Crippen molar-refractivity contribution in [3.8, 4) is 0 Å². The van der Waals surface area contributed by atoms with Gasteiger partial charge in [0.05, 0.1) is 0 Å². The van der Waals surface area contributed by atoms with E-state index in [0.717, 1.165) is 0 Å². The Morgan fingerprint density at radius 2 is 2.40 bits per heavy atom. The average molecular weight is 168 g/mol. The van der Waals surface area contributed by atoms with Crippen LogP contribution in [0.4, 0.5) is 0 Å². The van der Waals surface area contributed by atoms with Crippen molar-refractivity contribution in [3.63, 3.8) is 0 Å². The van der Waals surface area contributed by atoms with Crippen LogP contribution >= 0.6 is 23.1 Å². The molecule has 10 heavy (non-hydrogen) atoms. The van der Waals surface area contributed by atoms with Crippen molar-refractivity contribution >= 4 is 28.0 Å². The minimum Gasteiger partial charge on any atom is -0.143 e. The molecule has 0 bridgehead atoms. The molecule has 1 aliphatic rings. The monoisotopic (exact) mass is 168 g/mol. The Labute approximate surface area is 69.0 Å². The molecule has 0 radical (unpaired) electrons. The van der Waals surface area contributed by atoms with Crippen molar-refractivity contribution < 1.29 is 0 Å². The Bertz CT molecular complexity index is 234. The van der Waals surface area contributed by atoms with E-state index in [4.69, 9.17) is 0 Å². The molecular formula is C8H8S2. The van der Waals surface area contributed by atoms with E-state index in [-0.39, 0.29) is 0 Å². The van der Waals surface area contributed by atoms with Crippen LogP contribution in [0.15, 0.2) is 23.6 Å². The summed E-state index contributed by atoms with van der Waals surface area (Å²) in [5.41, 5.74) is 0. The number of thioether (sulfide) groups is 1. The molecule has 0 nitrogen and oxygen atoms in total. The summed E-state index contributed by atoms with van der Waals surface area (Å²) >= 11 is 3.80. The van der Waals surface area contributed by atoms with Gasteiger partial charge in [0.15, 0.2) is 0 Å². The molecule has 0 aliphatic carbocycles. The maximum Gasteiger partial charge on any atom is 0.0402 e. The van der Waals surface area contributed by atoms with Crippen LogP contribution in [0.3, 0.4) is 0 Å². The number of thiophene rings is 1. The molecule has 0 spiro atoms. The molecule has 0 N–H and O–H groups in total. The highest BCUT2D eigenvalue weighted by atomic mass is 32.2. The summed E-state index contributed by atoms with van der Waals surface area (Å²) in [4.78, 5) is 2.91. The van der Waals surface area contributed by atoms with Crippen molar-refractivity contribution in [3.05, 3.63) is 28.5 Å². The zero-order chi connectivity index (χ0) is 6.81. The molecule has 1 aliphatic heterocycles. The van der Waals surface area contributed by atoms with Crippen LogP contribution in [0.2, 0.25) is 0 Å². The maximum absolute atomic E-state index is 2.33. The van der Waals surface area contributed by atoms with Crippen LogP contribution in [0.1, 0.15) is 11.3 Å². The average Bonchev–Trinajstić information content (AvgIpc) is 2.59. The van der Waals surface area contributed by atoms with Crippen molar-refractivity contribution in [1.29, 1.82) is 0 Å². The lowest BCUT2D eigenvalue weighted by molar-refractivity contribution is 1.28. The van der Waals surface area contributed by atoms with E-state index in [1.54, 1.807) is 0 Å². The fourth-order valence-electron chi connectivity index (χ4n) is 1.01. The molecule has 0 amide bonds. The van der Waals surface area contributed by atoms with Gasteiger partial charge in [0.2, 0.25) is 0 Å². The first-order chi connectivity index (χ1) is 4.97. The van der Waals surface area contributed by atoms with Gasteiger partial charge >= 0.3 is 0 Å². The Morgan fingerprint density at radius 1 is 1.40 bits per heavy atom. The predicted molar refractivity (Wildman–Crippen MR) is 49.4 cm³/mol. The lowest BCUT2D eigenvalue weighted by atomic mass is 10.4. The third-order valence-corrected chi connectivity index (χ3v) is 3.64. The number of allylic oxidation sites excluding steroid dienone is 1. The normalized spacial score (nSPS) is 17.4. The Balaban J connectivity index is 2.28. The van der Waals surface area contributed by atoms with Gasteiger partial charge in [-0.25, -0.2) is 0 Å². The first kappa shape index (κ1) is 6.50. The minimum absolute atomic E-state index is 1.25. The third-order valence-electron chi connectivity index (χ3n) is 1.47. The van der Waals surface area contributed by atoms with Gasteiger partial charge in [-0.3, -0.25) is 0 Å². The second-order valence-electron chi connectivity index (χ2n) is 2.18. The van der Waals surface area contributed by atoms with Crippen molar-refractivity contribution in [1.82, 2.24) is 0 Å². The molecule has 52 valence electrons. The van der Waals surface area contributed by atoms with E-state index >= 15 is 0 Å². The summed E-state index contributed by atoms with van der Waals surface area (Å²) < 4.78 is 0. The highest BCUT2D eigenvalue weighted by molar-refractivity contribution is 8.08. The summed E-state index contributed by atoms with van der Waals surface area (Å²) in [5.74, 6) is 1.27. The molecule has 2 heteroatoms. The van der Waals surface area contributed by atoms with E-state index in [1.165, 1.54) is 22.0 Å². The minimum atomic E-state index is 1.25. The molecule has 2 heterocycles. The quantitative estimate of drug-likeness (QED) is 0.620. The van der Waals surface area contributed by atoms with Crippen LogP contribution in [0.5, 0.6) is 0 Å². The van der Waals surface area contributed by atoms with Crippen molar-refractivity contribution in [2.45, 2.75) is 6.42 Å². The predicted octanol–water partition coefficient (Wildman–Crippen LogP) is 3.23. The lowest BCUT2D eigenvalue weighted by Crippen LogP contribution is -1.64. The standard InChI is InChI=1S/C8H8S2/c1-3-7(9-5-1)8-4-2-6-10-8/h1,3-5H,2,6H2. The SMILES string of the molecule is C1=C(c2cccs2)SCC1. The van der Waals surface area contributed by atoms with Crippen LogP contribution in [0.25, 0.3) is 4.91 Å². The second-order valence-corrected chi connectivity index (χ2v) is 4.27. The smallest absolute Gasteiger partial charge is 0.0402 e. The highest BCUT2D eigenvalue weighted by Crippen LogP contribution is 2.35. The molecule has 0 unspecified atom stereocenters. The van der Waals surface area contributed by atoms with Crippen molar-refractivity contribution in [2.24, 2.45) is 0 Å². The van der Waals surface area contributed by atoms with E-state index in [2.05, 4.69) is 23.6 Å². The number of hydrogen-bond acceptors (Lipinski definition) is 2. The number of rotatable bonds is 1. The lowest BCUT2D eigenvalue weighted by Gasteiger charge is -1.92. The Hall–Kier alpha value is -0.210. The fourth-order valence-corrected chi connectivity index (χ4v) is 2.89. The molecule has 0 atom stereocenters. The van der Waals surface area contributed by atoms with Gasteiger partial charge in [-0.2, -0.15) is 0 Å². The van der Waals surface area contributed by atoms with Gasteiger partial charge in [0.25, 0.3) is 0 Å². The summed E-state index contributed by atoms with van der Waals surface area (Å²) in [6, 6.07) is 4.30. The summed E-state index contributed by atoms with van der Waals surface area (Å²) in [7, 11) is 0. The first-order valence-corrected chi connectivity index (χ1v) is 5.20. The summed E-state index contributed by atoms with van der Waals surface area (Å²) in [6.07, 6.45) is 3.58. The molecule has 0 saturated heterocycles. The third kappa shape index (κ3) is 1.13. The largest absolute Gasteiger partial charge is 0.143 e. The van der Waals surface area contributed by atoms with Crippen LogP contribution < -0.4 is 0 Å². The molecule has 1 aromatic heterocycles. The van der Waals surface area contributed by atoms with E-state index in [1.807, 2.05) is 23.1 Å². The van der Waals surface area contributed by atoms with Gasteiger partial charge in [0.1, 0.15) is 0 Å². The van der Waals surface area contributed by atoms with Gasteiger partial charge < -0.3 is 0 Å². The van der Waals surface area contributed by atoms with E-state index < -0.39 is 0 Å². The fraction of sp³-hybridized carbons (Fsp3) is 0.250. The van der Waals surface area contributed by atoms with Crippen LogP contribution in [-0.4, -0.2) is 5.75 Å². The Morgan fingerprint density at radius 3 is 3.00 bits per heavy atom. The van der Waals surface area contributed by atoms with Crippen LogP contribution in [0, 0.1) is 0 Å². The molecule has 1 aromatic rings. The van der Waals surface area contributed by atoms with Gasteiger partial charge in [-0.15, -0.1) is 23.1 Å². The van der Waals surface area contributed by atoms with Crippen molar-refractivity contribution in [2.75, 3.05) is 5.75 Å². The zero-order valence-electron chi connectivity index (χ0n) is 5.54. The summed E-state index contributed by atoms with van der Waals surface area (Å²) in [6.45, 7) is 0. The zero-order valence-corrected chi connectivity index (χ0v) is 7.17. The number of hydrogen-bond donors (Lipinski definition) is 0. The van der Waals surface area contributed by atoms with E-state index in [0.29, 0.717) is 0 Å². The van der Waals surface area contributed by atoms with Gasteiger partial charge in [-0.05, 0) is 17.9 Å². The topological polar surface area (TPSA) is 0 Å². The van der Waals surface area contributed by atoms with Crippen LogP contribution in [-0.2, 0) is 0 Å².